The van der Waals surface area contributed by atoms with Crippen LogP contribution in [-0.2, 0) is 6.42 Å². The van der Waals surface area contributed by atoms with Gasteiger partial charge >= 0.3 is 0 Å². The molecule has 1 aromatic rings. The first-order valence-corrected chi connectivity index (χ1v) is 4.32. The third-order valence-corrected chi connectivity index (χ3v) is 2.42. The molecule has 3 nitrogen and oxygen atoms in total. The first kappa shape index (κ1) is 10.9. The van der Waals surface area contributed by atoms with Gasteiger partial charge in [-0.25, -0.2) is 0 Å². The van der Waals surface area contributed by atoms with E-state index in [-0.39, 0.29) is 18.3 Å². The standard InChI is InChI=1S/C10H12N2O.ClH/c1-12-5-4-7-6-8(11)2-3-9(7)10(12)13;/h2-3,6H,4-5,11H2,1H3;1H. The maximum atomic E-state index is 11.6. The third kappa shape index (κ3) is 1.68. The predicted octanol–water partition coefficient (Wildman–Crippen LogP) is 1.32. The molecule has 0 atom stereocenters. The van der Waals surface area contributed by atoms with Crippen molar-refractivity contribution < 1.29 is 4.79 Å². The Hall–Kier alpha value is -1.22. The number of halogens is 1. The Morgan fingerprint density at radius 1 is 1.43 bits per heavy atom. The number of carbonyl (C=O) groups excluding carboxylic acids is 1. The van der Waals surface area contributed by atoms with Crippen LogP contribution in [0, 0.1) is 0 Å². The lowest BCUT2D eigenvalue weighted by atomic mass is 9.99. The molecule has 0 unspecified atom stereocenters. The van der Waals surface area contributed by atoms with Crippen LogP contribution in [0.1, 0.15) is 15.9 Å². The van der Waals surface area contributed by atoms with Gasteiger partial charge in [-0.1, -0.05) is 0 Å². The summed E-state index contributed by atoms with van der Waals surface area (Å²) in [7, 11) is 1.82. The number of hydrogen-bond donors (Lipinski definition) is 1. The van der Waals surface area contributed by atoms with Crippen molar-refractivity contribution in [2.45, 2.75) is 6.42 Å². The van der Waals surface area contributed by atoms with Crippen LogP contribution in [0.2, 0.25) is 0 Å². The van der Waals surface area contributed by atoms with E-state index in [9.17, 15) is 4.79 Å². The molecule has 0 radical (unpaired) electrons. The van der Waals surface area contributed by atoms with Crippen LogP contribution < -0.4 is 5.73 Å². The van der Waals surface area contributed by atoms with Crippen molar-refractivity contribution >= 4 is 24.0 Å². The number of carbonyl (C=O) groups is 1. The highest BCUT2D eigenvalue weighted by Gasteiger charge is 2.20. The van der Waals surface area contributed by atoms with Crippen LogP contribution in [0.15, 0.2) is 18.2 Å². The van der Waals surface area contributed by atoms with Crippen molar-refractivity contribution in [2.75, 3.05) is 19.3 Å². The highest BCUT2D eigenvalue weighted by atomic mass is 35.5. The summed E-state index contributed by atoms with van der Waals surface area (Å²) in [6.45, 7) is 0.787. The topological polar surface area (TPSA) is 46.3 Å². The molecule has 1 heterocycles. The number of amides is 1. The normalized spacial score (nSPS) is 14.6. The van der Waals surface area contributed by atoms with E-state index < -0.39 is 0 Å². The first-order chi connectivity index (χ1) is 6.18. The van der Waals surface area contributed by atoms with Gasteiger partial charge in [0, 0.05) is 24.8 Å². The van der Waals surface area contributed by atoms with Crippen LogP contribution >= 0.6 is 12.4 Å². The van der Waals surface area contributed by atoms with Gasteiger partial charge in [-0.15, -0.1) is 12.4 Å². The summed E-state index contributed by atoms with van der Waals surface area (Å²) < 4.78 is 0. The van der Waals surface area contributed by atoms with Gasteiger partial charge in [0.05, 0.1) is 0 Å². The maximum Gasteiger partial charge on any atom is 0.253 e. The van der Waals surface area contributed by atoms with E-state index in [2.05, 4.69) is 0 Å². The van der Waals surface area contributed by atoms with Crippen molar-refractivity contribution in [2.24, 2.45) is 0 Å². The van der Waals surface area contributed by atoms with E-state index >= 15 is 0 Å². The summed E-state index contributed by atoms with van der Waals surface area (Å²) >= 11 is 0. The summed E-state index contributed by atoms with van der Waals surface area (Å²) in [5, 5.41) is 0. The second-order valence-electron chi connectivity index (χ2n) is 3.39. The molecule has 4 heteroatoms. The fourth-order valence-corrected chi connectivity index (χ4v) is 1.62. The molecule has 76 valence electrons. The molecule has 0 bridgehead atoms. The van der Waals surface area contributed by atoms with Crippen molar-refractivity contribution in [3.63, 3.8) is 0 Å². The average molecular weight is 213 g/mol. The number of likely N-dealkylation sites (N-methyl/N-ethyl adjacent to an activating group) is 1. The molecule has 1 amide bonds. The first-order valence-electron chi connectivity index (χ1n) is 4.32. The molecule has 1 aromatic carbocycles. The number of rotatable bonds is 0. The van der Waals surface area contributed by atoms with E-state index in [1.165, 1.54) is 0 Å². The smallest absolute Gasteiger partial charge is 0.253 e. The van der Waals surface area contributed by atoms with Gasteiger partial charge in [0.25, 0.3) is 5.91 Å². The Morgan fingerprint density at radius 3 is 2.86 bits per heavy atom. The number of anilines is 1. The Morgan fingerprint density at radius 2 is 2.14 bits per heavy atom. The number of nitrogen functional groups attached to an aromatic ring is 1. The molecule has 0 fully saturated rings. The molecule has 0 aromatic heterocycles. The summed E-state index contributed by atoms with van der Waals surface area (Å²) in [5.74, 6) is 0.0984. The quantitative estimate of drug-likeness (QED) is 0.660. The van der Waals surface area contributed by atoms with Gasteiger partial charge in [-0.2, -0.15) is 0 Å². The SMILES string of the molecule is CN1CCc2cc(N)ccc2C1=O.Cl. The number of nitrogens with two attached hydrogens (primary N) is 1. The molecule has 0 spiro atoms. The zero-order valence-electron chi connectivity index (χ0n) is 7.99. The van der Waals surface area contributed by atoms with Crippen molar-refractivity contribution in [3.8, 4) is 0 Å². The molecular weight excluding hydrogens is 200 g/mol. The van der Waals surface area contributed by atoms with Crippen molar-refractivity contribution in [1.82, 2.24) is 4.90 Å². The minimum atomic E-state index is 0. The molecule has 0 saturated carbocycles. The van der Waals surface area contributed by atoms with Crippen molar-refractivity contribution in [1.29, 1.82) is 0 Å². The van der Waals surface area contributed by atoms with Gasteiger partial charge in [-0.05, 0) is 30.2 Å². The van der Waals surface area contributed by atoms with Gasteiger partial charge in [0.2, 0.25) is 0 Å². The number of benzene rings is 1. The Kier molecular flexibility index (Phi) is 3.01. The van der Waals surface area contributed by atoms with Crippen LogP contribution in [0.25, 0.3) is 0 Å². The molecule has 1 aliphatic rings. The Balaban J connectivity index is 0.000000980. The fraction of sp³-hybridized carbons (Fsp3) is 0.300. The highest BCUT2D eigenvalue weighted by Crippen LogP contribution is 2.20. The zero-order valence-corrected chi connectivity index (χ0v) is 8.80. The van der Waals surface area contributed by atoms with Crippen LogP contribution in [0.4, 0.5) is 5.69 Å². The van der Waals surface area contributed by atoms with Crippen molar-refractivity contribution in [3.05, 3.63) is 29.3 Å². The number of fused-ring (bicyclic) bond motifs is 1. The van der Waals surface area contributed by atoms with Gasteiger partial charge in [-0.3, -0.25) is 4.79 Å². The molecular formula is C10H13ClN2O. The molecule has 2 rings (SSSR count). The minimum absolute atomic E-state index is 0. The largest absolute Gasteiger partial charge is 0.399 e. The predicted molar refractivity (Wildman–Crippen MR) is 58.8 cm³/mol. The third-order valence-electron chi connectivity index (χ3n) is 2.42. The molecule has 2 N–H and O–H groups in total. The Bertz CT molecular complexity index is 365. The van der Waals surface area contributed by atoms with Crippen LogP contribution in [-0.4, -0.2) is 24.4 Å². The van der Waals surface area contributed by atoms with Gasteiger partial charge in [0.1, 0.15) is 0 Å². The second-order valence-corrected chi connectivity index (χ2v) is 3.39. The van der Waals surface area contributed by atoms with Gasteiger partial charge in [0.15, 0.2) is 0 Å². The molecule has 1 aliphatic heterocycles. The summed E-state index contributed by atoms with van der Waals surface area (Å²) in [5.41, 5.74) is 8.24. The summed E-state index contributed by atoms with van der Waals surface area (Å²) in [6, 6.07) is 5.47. The van der Waals surface area contributed by atoms with Crippen LogP contribution in [0.5, 0.6) is 0 Å². The average Bonchev–Trinajstić information content (AvgIpc) is 2.12. The molecule has 0 saturated heterocycles. The number of nitrogens with zero attached hydrogens (tertiary/aromatic N) is 1. The summed E-state index contributed by atoms with van der Waals surface area (Å²) in [6.07, 6.45) is 0.905. The summed E-state index contributed by atoms with van der Waals surface area (Å²) in [4.78, 5) is 13.3. The van der Waals surface area contributed by atoms with E-state index in [4.69, 9.17) is 5.73 Å². The minimum Gasteiger partial charge on any atom is -0.399 e. The highest BCUT2D eigenvalue weighted by molar-refractivity contribution is 5.96. The Labute approximate surface area is 89.3 Å². The maximum absolute atomic E-state index is 11.6. The lowest BCUT2D eigenvalue weighted by Crippen LogP contribution is -2.34. The molecule has 0 aliphatic carbocycles. The van der Waals surface area contributed by atoms with E-state index in [0.717, 1.165) is 29.8 Å². The van der Waals surface area contributed by atoms with E-state index in [1.807, 2.05) is 19.2 Å². The fourth-order valence-electron chi connectivity index (χ4n) is 1.62. The monoisotopic (exact) mass is 212 g/mol. The lowest BCUT2D eigenvalue weighted by molar-refractivity contribution is 0.0781. The molecule has 14 heavy (non-hydrogen) atoms. The lowest BCUT2D eigenvalue weighted by Gasteiger charge is -2.24. The number of hydrogen-bond acceptors (Lipinski definition) is 2. The second kappa shape index (κ2) is 3.88. The van der Waals surface area contributed by atoms with E-state index in [0.29, 0.717) is 0 Å². The zero-order chi connectivity index (χ0) is 9.42. The van der Waals surface area contributed by atoms with Crippen LogP contribution in [0.3, 0.4) is 0 Å². The van der Waals surface area contributed by atoms with E-state index in [1.54, 1.807) is 11.0 Å². The van der Waals surface area contributed by atoms with Gasteiger partial charge < -0.3 is 10.6 Å².